The number of fused-ring (bicyclic) bond motifs is 2. The summed E-state index contributed by atoms with van der Waals surface area (Å²) in [5.74, 6) is -3.07. The summed E-state index contributed by atoms with van der Waals surface area (Å²) in [4.78, 5) is 50.1. The normalized spacial score (nSPS) is 19.6. The summed E-state index contributed by atoms with van der Waals surface area (Å²) < 4.78 is 19.0. The minimum absolute atomic E-state index is 0.235. The zero-order valence-corrected chi connectivity index (χ0v) is 16.8. The first kappa shape index (κ1) is 21.4. The van der Waals surface area contributed by atoms with Crippen LogP contribution in [0.15, 0.2) is 42.5 Å². The van der Waals surface area contributed by atoms with Crippen molar-refractivity contribution in [3.63, 3.8) is 0 Å². The molecule has 3 N–H and O–H groups in total. The van der Waals surface area contributed by atoms with Gasteiger partial charge in [-0.2, -0.15) is 0 Å². The van der Waals surface area contributed by atoms with Gasteiger partial charge in [-0.1, -0.05) is 24.3 Å². The lowest BCUT2D eigenvalue weighted by Crippen LogP contribution is -2.52. The topological polar surface area (TPSA) is 125 Å². The number of hydrogen-bond donors (Lipinski definition) is 3. The van der Waals surface area contributed by atoms with Crippen LogP contribution in [0.25, 0.3) is 11.1 Å². The number of amides is 3. The molecule has 10 heteroatoms. The number of carbonyl (C=O) groups is 4. The van der Waals surface area contributed by atoms with E-state index in [0.717, 1.165) is 0 Å². The van der Waals surface area contributed by atoms with Crippen molar-refractivity contribution in [3.8, 4) is 11.1 Å². The van der Waals surface area contributed by atoms with Crippen LogP contribution in [0.4, 0.5) is 10.1 Å². The summed E-state index contributed by atoms with van der Waals surface area (Å²) in [7, 11) is 0. The van der Waals surface area contributed by atoms with Crippen LogP contribution >= 0.6 is 0 Å². The van der Waals surface area contributed by atoms with E-state index in [9.17, 15) is 23.6 Å². The molecule has 0 spiro atoms. The Labute approximate surface area is 182 Å². The third-order valence-electron chi connectivity index (χ3n) is 5.43. The number of hydrogen-bond acceptors (Lipinski definition) is 5. The van der Waals surface area contributed by atoms with Crippen LogP contribution in [-0.2, 0) is 19.1 Å². The van der Waals surface area contributed by atoms with Crippen molar-refractivity contribution in [2.24, 2.45) is 0 Å². The number of nitrogens with one attached hydrogen (secondary N) is 2. The molecule has 2 heterocycles. The SMILES string of the molecule is O=C(O)COCC(=O)N[C@H]1CCN2C(=O)c3cc(-c4ccccc4F)ccc3NC(=O)[C@H]12. The van der Waals surface area contributed by atoms with Gasteiger partial charge >= 0.3 is 5.97 Å². The molecule has 9 nitrogen and oxygen atoms in total. The molecule has 0 saturated carbocycles. The first-order valence-electron chi connectivity index (χ1n) is 9.95. The average molecular weight is 441 g/mol. The standard InChI is InChI=1S/C22H20FN3O6/c23-15-4-2-1-3-13(15)12-5-6-16-14(9-12)22(31)26-8-7-17(20(26)21(30)25-16)24-18(27)10-32-11-19(28)29/h1-6,9,17,20H,7-8,10-11H2,(H,24,27)(H,25,30)(H,28,29)/t17-,20-/m0/s1. The maximum absolute atomic E-state index is 14.2. The molecule has 3 amide bonds. The molecule has 166 valence electrons. The Hall–Kier alpha value is -3.79. The minimum Gasteiger partial charge on any atom is -0.480 e. The predicted octanol–water partition coefficient (Wildman–Crippen LogP) is 1.25. The third-order valence-corrected chi connectivity index (χ3v) is 5.43. The number of anilines is 1. The molecule has 0 unspecified atom stereocenters. The fraction of sp³-hybridized carbons (Fsp3) is 0.273. The number of carbonyl (C=O) groups excluding carboxylic acids is 3. The summed E-state index contributed by atoms with van der Waals surface area (Å²) >= 11 is 0. The molecule has 32 heavy (non-hydrogen) atoms. The maximum atomic E-state index is 14.2. The lowest BCUT2D eigenvalue weighted by atomic mass is 10.0. The number of carboxylic acid groups (broad SMARTS) is 1. The number of aliphatic carboxylic acids is 1. The number of ether oxygens (including phenoxy) is 1. The van der Waals surface area contributed by atoms with Gasteiger partial charge in [-0.3, -0.25) is 14.4 Å². The molecule has 2 aliphatic rings. The zero-order chi connectivity index (χ0) is 22.8. The highest BCUT2D eigenvalue weighted by Gasteiger charge is 2.45. The molecular weight excluding hydrogens is 421 g/mol. The smallest absolute Gasteiger partial charge is 0.329 e. The summed E-state index contributed by atoms with van der Waals surface area (Å²) in [6, 6.07) is 9.34. The second kappa shape index (κ2) is 8.75. The van der Waals surface area contributed by atoms with Crippen molar-refractivity contribution < 1.29 is 33.4 Å². The Bertz CT molecular complexity index is 1100. The minimum atomic E-state index is -1.20. The Morgan fingerprint density at radius 2 is 1.94 bits per heavy atom. The lowest BCUT2D eigenvalue weighted by Gasteiger charge is -2.24. The van der Waals surface area contributed by atoms with Crippen molar-refractivity contribution in [2.45, 2.75) is 18.5 Å². The van der Waals surface area contributed by atoms with Gasteiger partial charge in [0.15, 0.2) is 0 Å². The first-order chi connectivity index (χ1) is 15.3. The fourth-order valence-corrected chi connectivity index (χ4v) is 4.03. The van der Waals surface area contributed by atoms with E-state index < -0.39 is 54.8 Å². The van der Waals surface area contributed by atoms with Gasteiger partial charge in [0.05, 0.1) is 17.3 Å². The van der Waals surface area contributed by atoms with Crippen LogP contribution in [0, 0.1) is 5.82 Å². The maximum Gasteiger partial charge on any atom is 0.329 e. The second-order valence-corrected chi connectivity index (χ2v) is 7.52. The van der Waals surface area contributed by atoms with Crippen LogP contribution in [0.5, 0.6) is 0 Å². The van der Waals surface area contributed by atoms with Gasteiger partial charge in [-0.15, -0.1) is 0 Å². The van der Waals surface area contributed by atoms with Gasteiger partial charge in [0.25, 0.3) is 5.91 Å². The predicted molar refractivity (Wildman–Crippen MR) is 110 cm³/mol. The van der Waals surface area contributed by atoms with Crippen molar-refractivity contribution in [2.75, 3.05) is 25.1 Å². The highest BCUT2D eigenvalue weighted by atomic mass is 19.1. The lowest BCUT2D eigenvalue weighted by molar-refractivity contribution is -0.143. The molecular formula is C22H20FN3O6. The van der Waals surface area contributed by atoms with E-state index in [1.807, 2.05) is 0 Å². The highest BCUT2D eigenvalue weighted by Crippen LogP contribution is 2.33. The van der Waals surface area contributed by atoms with Crippen molar-refractivity contribution in [1.82, 2.24) is 10.2 Å². The van der Waals surface area contributed by atoms with E-state index >= 15 is 0 Å². The van der Waals surface area contributed by atoms with E-state index in [2.05, 4.69) is 10.6 Å². The highest BCUT2D eigenvalue weighted by molar-refractivity contribution is 6.11. The monoisotopic (exact) mass is 441 g/mol. The number of carboxylic acids is 1. The van der Waals surface area contributed by atoms with E-state index in [1.165, 1.54) is 11.0 Å². The number of halogens is 1. The summed E-state index contributed by atoms with van der Waals surface area (Å²) in [5.41, 5.74) is 1.38. The van der Waals surface area contributed by atoms with E-state index in [4.69, 9.17) is 9.84 Å². The number of nitrogens with zero attached hydrogens (tertiary/aromatic N) is 1. The fourth-order valence-electron chi connectivity index (χ4n) is 4.03. The van der Waals surface area contributed by atoms with Gasteiger partial charge < -0.3 is 25.4 Å². The van der Waals surface area contributed by atoms with Gasteiger partial charge in [0.1, 0.15) is 25.1 Å². The van der Waals surface area contributed by atoms with Crippen molar-refractivity contribution in [1.29, 1.82) is 0 Å². The second-order valence-electron chi connectivity index (χ2n) is 7.52. The molecule has 0 bridgehead atoms. The van der Waals surface area contributed by atoms with Crippen LogP contribution < -0.4 is 10.6 Å². The molecule has 4 rings (SSSR count). The van der Waals surface area contributed by atoms with Crippen molar-refractivity contribution in [3.05, 3.63) is 53.8 Å². The molecule has 0 aromatic heterocycles. The van der Waals surface area contributed by atoms with Gasteiger partial charge in [-0.25, -0.2) is 9.18 Å². The van der Waals surface area contributed by atoms with Crippen molar-refractivity contribution >= 4 is 29.4 Å². The van der Waals surface area contributed by atoms with Crippen LogP contribution in [0.3, 0.4) is 0 Å². The van der Waals surface area contributed by atoms with Crippen LogP contribution in [0.1, 0.15) is 16.8 Å². The quantitative estimate of drug-likeness (QED) is 0.620. The zero-order valence-electron chi connectivity index (χ0n) is 16.8. The Morgan fingerprint density at radius 1 is 1.16 bits per heavy atom. The average Bonchev–Trinajstić information content (AvgIpc) is 3.13. The molecule has 2 aromatic rings. The Morgan fingerprint density at radius 3 is 2.69 bits per heavy atom. The number of benzene rings is 2. The van der Waals surface area contributed by atoms with Gasteiger partial charge in [0, 0.05) is 12.1 Å². The summed E-state index contributed by atoms with van der Waals surface area (Å²) in [6.45, 7) is -0.856. The van der Waals surface area contributed by atoms with E-state index in [-0.39, 0.29) is 12.1 Å². The van der Waals surface area contributed by atoms with Gasteiger partial charge in [0.2, 0.25) is 11.8 Å². The molecule has 1 saturated heterocycles. The van der Waals surface area contributed by atoms with Gasteiger partial charge in [-0.05, 0) is 30.2 Å². The molecule has 2 atom stereocenters. The summed E-state index contributed by atoms with van der Waals surface area (Å²) in [6.07, 6.45) is 0.344. The van der Waals surface area contributed by atoms with Crippen LogP contribution in [0.2, 0.25) is 0 Å². The Balaban J connectivity index is 1.55. The van der Waals surface area contributed by atoms with E-state index in [1.54, 1.807) is 36.4 Å². The Kier molecular flexibility index (Phi) is 5.87. The molecule has 0 radical (unpaired) electrons. The number of rotatable bonds is 6. The first-order valence-corrected chi connectivity index (χ1v) is 9.95. The molecule has 1 fully saturated rings. The molecule has 0 aliphatic carbocycles. The summed E-state index contributed by atoms with van der Waals surface area (Å²) in [5, 5.41) is 13.9. The largest absolute Gasteiger partial charge is 0.480 e. The molecule has 2 aromatic carbocycles. The van der Waals surface area contributed by atoms with E-state index in [0.29, 0.717) is 23.2 Å². The molecule has 2 aliphatic heterocycles. The third kappa shape index (κ3) is 4.17. The van der Waals surface area contributed by atoms with Crippen LogP contribution in [-0.4, -0.2) is 65.5 Å².